The number of esters is 1. The van der Waals surface area contributed by atoms with Crippen LogP contribution in [0.1, 0.15) is 81.8 Å². The number of carbonyl (C=O) groups excluding carboxylic acids is 1. The van der Waals surface area contributed by atoms with Crippen molar-refractivity contribution in [1.29, 1.82) is 0 Å². The average molecular weight is 771 g/mol. The summed E-state index contributed by atoms with van der Waals surface area (Å²) >= 11 is 0. The minimum Gasteiger partial charge on any atom is -0.508 e. The number of phenolic OH excluding ortho intramolecular Hbond substituents is 1. The molecule has 55 heavy (non-hydrogen) atoms. The predicted octanol–water partition coefficient (Wildman–Crippen LogP) is 7.95. The van der Waals surface area contributed by atoms with Crippen molar-refractivity contribution in [2.24, 2.45) is 0 Å². The number of aliphatic hydroxyl groups is 2. The maximum absolute atomic E-state index is 12.5. The molecule has 0 spiro atoms. The van der Waals surface area contributed by atoms with Gasteiger partial charge in [-0.1, -0.05) is 114 Å². The number of nitrogens with zero attached hydrogens (tertiary/aromatic N) is 2. The second-order valence-electron chi connectivity index (χ2n) is 13.9. The number of rotatable bonds is 12. The number of phenols is 1. The molecule has 0 amide bonds. The summed E-state index contributed by atoms with van der Waals surface area (Å²) in [6, 6.07) is 39.5. The Morgan fingerprint density at radius 3 is 1.73 bits per heavy atom. The zero-order chi connectivity index (χ0) is 40.0. The highest BCUT2D eigenvalue weighted by Crippen LogP contribution is 2.43. The molecule has 1 aromatic heterocycles. The number of aryl methyl sites for hydroxylation is 1. The summed E-state index contributed by atoms with van der Waals surface area (Å²) in [5, 5.41) is 27.5. The first-order valence-electron chi connectivity index (χ1n) is 18.3. The monoisotopic (exact) mass is 770 g/mol. The van der Waals surface area contributed by atoms with E-state index in [1.807, 2.05) is 31.2 Å². The van der Waals surface area contributed by atoms with Crippen LogP contribution in [0.5, 0.6) is 5.75 Å². The molecule has 0 saturated carbocycles. The summed E-state index contributed by atoms with van der Waals surface area (Å²) < 4.78 is 31.7. The van der Waals surface area contributed by atoms with E-state index in [-0.39, 0.29) is 24.9 Å². The lowest BCUT2D eigenvalue weighted by molar-refractivity contribution is -0.149. The van der Waals surface area contributed by atoms with Crippen molar-refractivity contribution in [3.8, 4) is 5.75 Å². The first-order chi connectivity index (χ1) is 26.2. The highest BCUT2D eigenvalue weighted by atomic mass is 31.1. The van der Waals surface area contributed by atoms with Crippen LogP contribution in [0, 0.1) is 6.92 Å². The van der Waals surface area contributed by atoms with E-state index in [1.54, 1.807) is 45.0 Å². The highest BCUT2D eigenvalue weighted by molar-refractivity contribution is 7.36. The summed E-state index contributed by atoms with van der Waals surface area (Å²) in [7, 11) is -2.26. The molecule has 11 nitrogen and oxygen atoms in total. The largest absolute Gasteiger partial charge is 0.613 e. The van der Waals surface area contributed by atoms with Gasteiger partial charge in [0.05, 0.1) is 17.9 Å². The van der Waals surface area contributed by atoms with Crippen molar-refractivity contribution in [3.63, 3.8) is 0 Å². The van der Waals surface area contributed by atoms with E-state index in [0.29, 0.717) is 5.75 Å². The number of hydrogen-bond donors (Lipinski definition) is 4. The number of carbonyl (C=O) groups is 1. The smallest absolute Gasteiger partial charge is 0.508 e. The third-order valence-corrected chi connectivity index (χ3v) is 9.39. The Morgan fingerprint density at radius 1 is 0.855 bits per heavy atom. The van der Waals surface area contributed by atoms with Gasteiger partial charge in [-0.2, -0.15) is 0 Å². The Kier molecular flexibility index (Phi) is 15.8. The van der Waals surface area contributed by atoms with Crippen LogP contribution in [-0.2, 0) is 28.9 Å². The zero-order valence-electron chi connectivity index (χ0n) is 32.3. The van der Waals surface area contributed by atoms with Gasteiger partial charge >= 0.3 is 14.1 Å². The van der Waals surface area contributed by atoms with Gasteiger partial charge in [0.1, 0.15) is 35.9 Å². The standard InChI is InChI=1S/C34H39N3O5P.C6H6O.C3H8O2/c1-24(2)41-33(38)25(3)36-43(39)40-23-30-20-21-32(42-30)31-22-37(26(4)35-31)34(27-14-8-5-9-15-27,28-16-10-6-11-17-28)29-18-12-7-13-19-29;7-6-4-2-1-3-5-6;1-3(2,4)5/h5-19,22,24-25,30,32H,20-21,23H2,1-4H3,(H,36,39);1-5,7H;4-5H,1-2H3/q+1;;/t25?,30-,32+;;/m0../s1. The second-order valence-corrected chi connectivity index (χ2v) is 15.0. The number of hydrogen-bond acceptors (Lipinski definition) is 9. The van der Waals surface area contributed by atoms with Gasteiger partial charge in [-0.05, 0) is 87.8 Å². The highest BCUT2D eigenvalue weighted by Gasteiger charge is 2.41. The van der Waals surface area contributed by atoms with Gasteiger partial charge in [0.15, 0.2) is 5.79 Å². The van der Waals surface area contributed by atoms with Gasteiger partial charge in [-0.25, -0.2) is 4.98 Å². The summed E-state index contributed by atoms with van der Waals surface area (Å²) in [5.41, 5.74) is 3.57. The minimum absolute atomic E-state index is 0.145. The van der Waals surface area contributed by atoms with Crippen LogP contribution in [0.2, 0.25) is 0 Å². The lowest BCUT2D eigenvalue weighted by Gasteiger charge is -2.38. The SMILES string of the molecule is CC(C)(O)O.Cc1nc([C@H]2CC[C@@H](CO[P+](=O)NC(C)C(=O)OC(C)C)O2)cn1C(c1ccccc1)(c1ccccc1)c1ccccc1.Oc1ccccc1. The summed E-state index contributed by atoms with van der Waals surface area (Å²) in [6.45, 7) is 9.91. The molecule has 4 aromatic carbocycles. The van der Waals surface area contributed by atoms with Crippen molar-refractivity contribution in [1.82, 2.24) is 14.6 Å². The van der Waals surface area contributed by atoms with Crippen LogP contribution in [-0.4, -0.2) is 61.5 Å². The van der Waals surface area contributed by atoms with Gasteiger partial charge in [0.25, 0.3) is 0 Å². The molecule has 12 heteroatoms. The molecular weight excluding hydrogens is 717 g/mol. The first kappa shape index (κ1) is 43.0. The molecule has 2 heterocycles. The molecule has 292 valence electrons. The van der Waals surface area contributed by atoms with E-state index in [2.05, 4.69) is 88.6 Å². The van der Waals surface area contributed by atoms with Crippen LogP contribution in [0.4, 0.5) is 0 Å². The number of imidazole rings is 1. The quantitative estimate of drug-likeness (QED) is 0.0426. The van der Waals surface area contributed by atoms with Gasteiger partial charge in [0, 0.05) is 6.20 Å². The molecule has 4 atom stereocenters. The van der Waals surface area contributed by atoms with Gasteiger partial charge < -0.3 is 29.4 Å². The lowest BCUT2D eigenvalue weighted by atomic mass is 9.76. The molecule has 4 N–H and O–H groups in total. The Labute approximate surface area is 324 Å². The number of ether oxygens (including phenoxy) is 2. The van der Waals surface area contributed by atoms with Gasteiger partial charge in [-0.3, -0.25) is 4.79 Å². The predicted molar refractivity (Wildman–Crippen MR) is 212 cm³/mol. The van der Waals surface area contributed by atoms with Crippen LogP contribution in [0.25, 0.3) is 0 Å². The Balaban J connectivity index is 0.000000481. The summed E-state index contributed by atoms with van der Waals surface area (Å²) in [6.07, 6.45) is 2.91. The molecule has 1 aliphatic heterocycles. The lowest BCUT2D eigenvalue weighted by Crippen LogP contribution is -2.38. The molecule has 6 rings (SSSR count). The Hall–Kier alpha value is -4.74. The van der Waals surface area contributed by atoms with Crippen molar-refractivity contribution in [2.45, 2.75) is 90.1 Å². The molecule has 1 fully saturated rings. The van der Waals surface area contributed by atoms with Crippen molar-refractivity contribution < 1.29 is 38.7 Å². The molecule has 1 aliphatic rings. The number of aromatic hydroxyl groups is 1. The van der Waals surface area contributed by atoms with Crippen molar-refractivity contribution >= 4 is 14.1 Å². The van der Waals surface area contributed by atoms with Gasteiger partial charge in [0.2, 0.25) is 0 Å². The third-order valence-electron chi connectivity index (χ3n) is 8.41. The molecular formula is C43H53N3O8P+. The summed E-state index contributed by atoms with van der Waals surface area (Å²) in [5.74, 6) is -0.783. The van der Waals surface area contributed by atoms with E-state index < -0.39 is 31.5 Å². The summed E-state index contributed by atoms with van der Waals surface area (Å²) in [4.78, 5) is 17.0. The van der Waals surface area contributed by atoms with Crippen molar-refractivity contribution in [2.75, 3.05) is 6.61 Å². The first-order valence-corrected chi connectivity index (χ1v) is 19.5. The van der Waals surface area contributed by atoms with E-state index in [9.17, 15) is 9.36 Å². The fourth-order valence-corrected chi connectivity index (χ4v) is 6.95. The molecule has 1 saturated heterocycles. The van der Waals surface area contributed by atoms with Crippen LogP contribution < -0.4 is 5.09 Å². The van der Waals surface area contributed by atoms with Gasteiger partial charge in [-0.15, -0.1) is 4.52 Å². The van der Waals surface area contributed by atoms with Crippen LogP contribution in [0.15, 0.2) is 128 Å². The fraction of sp³-hybridized carbons (Fsp3) is 0.349. The molecule has 0 bridgehead atoms. The molecule has 5 aromatic rings. The number of benzene rings is 4. The maximum Gasteiger partial charge on any atom is 0.613 e. The normalized spacial score (nSPS) is 16.3. The number of nitrogens with one attached hydrogen (secondary N) is 1. The molecule has 0 aliphatic carbocycles. The zero-order valence-corrected chi connectivity index (χ0v) is 33.2. The third kappa shape index (κ3) is 12.7. The van der Waals surface area contributed by atoms with E-state index in [4.69, 9.17) is 34.3 Å². The number of aromatic nitrogens is 2. The topological polar surface area (TPSA) is 152 Å². The van der Waals surface area contributed by atoms with Crippen molar-refractivity contribution in [3.05, 3.63) is 156 Å². The van der Waals surface area contributed by atoms with E-state index in [1.165, 1.54) is 13.8 Å². The second kappa shape index (κ2) is 20.3. The van der Waals surface area contributed by atoms with Crippen LogP contribution in [0.3, 0.4) is 0 Å². The fourth-order valence-electron chi connectivity index (χ4n) is 6.15. The van der Waals surface area contributed by atoms with E-state index >= 15 is 0 Å². The molecule has 0 radical (unpaired) electrons. The molecule has 2 unspecified atom stereocenters. The number of para-hydroxylation sites is 1. The minimum atomic E-state index is -2.26. The Morgan fingerprint density at radius 2 is 1.31 bits per heavy atom. The van der Waals surface area contributed by atoms with Crippen LogP contribution >= 0.6 is 8.18 Å². The maximum atomic E-state index is 12.5. The Bertz CT molecular complexity index is 1800. The van der Waals surface area contributed by atoms with E-state index in [0.717, 1.165) is 41.1 Å². The average Bonchev–Trinajstić information content (AvgIpc) is 3.79.